The molecule has 0 spiro atoms. The van der Waals surface area contributed by atoms with E-state index in [2.05, 4.69) is 11.9 Å². The molecule has 1 atom stereocenters. The van der Waals surface area contributed by atoms with Crippen molar-refractivity contribution in [1.82, 2.24) is 4.98 Å². The topological polar surface area (TPSA) is 69.1 Å². The fourth-order valence-corrected chi connectivity index (χ4v) is 3.14. The molecule has 2 N–H and O–H groups in total. The summed E-state index contributed by atoms with van der Waals surface area (Å²) in [6, 6.07) is 5.28. The molecule has 0 aliphatic rings. The van der Waals surface area contributed by atoms with Crippen LogP contribution in [0.15, 0.2) is 27.8 Å². The Labute approximate surface area is 122 Å². The third-order valence-corrected chi connectivity index (χ3v) is 4.49. The molecule has 20 heavy (non-hydrogen) atoms. The largest absolute Gasteiger partial charge is 0.430 e. The summed E-state index contributed by atoms with van der Waals surface area (Å²) in [6.45, 7) is 2.20. The number of aromatic nitrogens is 1. The normalized spacial score (nSPS) is 12.8. The fraction of sp³-hybridized carbons (Fsp3) is 0.533. The third-order valence-electron chi connectivity index (χ3n) is 3.27. The van der Waals surface area contributed by atoms with E-state index in [9.17, 15) is 4.21 Å². The Balaban J connectivity index is 1.85. The minimum absolute atomic E-state index is 0.319. The van der Waals surface area contributed by atoms with Gasteiger partial charge >= 0.3 is 0 Å². The zero-order chi connectivity index (χ0) is 14.4. The number of unbranched alkanes of at least 4 members (excludes halogenated alkanes) is 5. The van der Waals surface area contributed by atoms with E-state index in [0.717, 1.165) is 12.8 Å². The van der Waals surface area contributed by atoms with Crippen molar-refractivity contribution >= 4 is 27.6 Å². The highest BCUT2D eigenvalue weighted by Gasteiger charge is 2.12. The van der Waals surface area contributed by atoms with Crippen LogP contribution in [0.3, 0.4) is 0 Å². The van der Waals surface area contributed by atoms with Gasteiger partial charge in [0.05, 0.1) is 0 Å². The van der Waals surface area contributed by atoms with Crippen LogP contribution in [-0.4, -0.2) is 14.9 Å². The van der Waals surface area contributed by atoms with Gasteiger partial charge in [-0.05, 0) is 18.6 Å². The van der Waals surface area contributed by atoms with Gasteiger partial charge in [-0.25, -0.2) is 9.19 Å². The Morgan fingerprint density at radius 2 is 1.95 bits per heavy atom. The summed E-state index contributed by atoms with van der Waals surface area (Å²) >= 11 is 0. The lowest BCUT2D eigenvalue weighted by Crippen LogP contribution is -1.98. The Kier molecular flexibility index (Phi) is 5.59. The fourth-order valence-electron chi connectivity index (χ4n) is 2.12. The molecule has 1 unspecified atom stereocenters. The number of hydrogen-bond acceptors (Lipinski definition) is 4. The summed E-state index contributed by atoms with van der Waals surface area (Å²) in [5, 5.41) is 0.319. The van der Waals surface area contributed by atoms with Crippen LogP contribution in [0, 0.1) is 0 Å². The van der Waals surface area contributed by atoms with E-state index >= 15 is 0 Å². The van der Waals surface area contributed by atoms with E-state index in [1.165, 1.54) is 25.7 Å². The van der Waals surface area contributed by atoms with Crippen molar-refractivity contribution in [2.75, 3.05) is 11.5 Å². The first-order valence-corrected chi connectivity index (χ1v) is 8.57. The Morgan fingerprint density at radius 3 is 2.75 bits per heavy atom. The van der Waals surface area contributed by atoms with Crippen molar-refractivity contribution in [1.29, 1.82) is 0 Å². The number of rotatable bonds is 8. The van der Waals surface area contributed by atoms with Gasteiger partial charge in [-0.3, -0.25) is 0 Å². The molecule has 0 bridgehead atoms. The second kappa shape index (κ2) is 7.43. The van der Waals surface area contributed by atoms with Crippen LogP contribution >= 0.6 is 0 Å². The van der Waals surface area contributed by atoms with Gasteiger partial charge < -0.3 is 10.2 Å². The molecular formula is C15H22N2O2S. The maximum Gasteiger partial charge on any atom is 0.287 e. The Morgan fingerprint density at radius 1 is 1.20 bits per heavy atom. The lowest BCUT2D eigenvalue weighted by molar-refractivity contribution is 0.477. The number of fused-ring (bicyclic) bond motifs is 1. The van der Waals surface area contributed by atoms with Crippen molar-refractivity contribution in [3.63, 3.8) is 0 Å². The molecule has 1 heterocycles. The van der Waals surface area contributed by atoms with Crippen LogP contribution in [0.1, 0.15) is 45.4 Å². The van der Waals surface area contributed by atoms with Crippen LogP contribution in [0.25, 0.3) is 11.1 Å². The average molecular weight is 294 g/mol. The second-order valence-corrected chi connectivity index (χ2v) is 6.47. The molecule has 0 amide bonds. The smallest absolute Gasteiger partial charge is 0.287 e. The van der Waals surface area contributed by atoms with Gasteiger partial charge in [0.25, 0.3) is 5.22 Å². The molecule has 1 aromatic carbocycles. The summed E-state index contributed by atoms with van der Waals surface area (Å²) in [5.41, 5.74) is 7.63. The number of anilines is 1. The zero-order valence-electron chi connectivity index (χ0n) is 11.9. The molecule has 0 radical (unpaired) electrons. The van der Waals surface area contributed by atoms with Gasteiger partial charge in [-0.2, -0.15) is 0 Å². The molecule has 2 rings (SSSR count). The highest BCUT2D eigenvalue weighted by Crippen LogP contribution is 2.20. The molecule has 2 aromatic rings. The quantitative estimate of drug-likeness (QED) is 0.592. The van der Waals surface area contributed by atoms with E-state index in [4.69, 9.17) is 10.2 Å². The second-order valence-electron chi connectivity index (χ2n) is 5.02. The van der Waals surface area contributed by atoms with Crippen LogP contribution in [0.5, 0.6) is 0 Å². The minimum Gasteiger partial charge on any atom is -0.430 e. The van der Waals surface area contributed by atoms with Crippen molar-refractivity contribution in [3.8, 4) is 0 Å². The van der Waals surface area contributed by atoms with Gasteiger partial charge in [0.15, 0.2) is 5.58 Å². The van der Waals surface area contributed by atoms with E-state index < -0.39 is 10.8 Å². The molecule has 0 fully saturated rings. The first-order valence-electron chi connectivity index (χ1n) is 7.25. The molecule has 0 aliphatic carbocycles. The summed E-state index contributed by atoms with van der Waals surface area (Å²) in [4.78, 5) is 4.26. The highest BCUT2D eigenvalue weighted by molar-refractivity contribution is 7.84. The van der Waals surface area contributed by atoms with Gasteiger partial charge in [0.2, 0.25) is 0 Å². The van der Waals surface area contributed by atoms with Gasteiger partial charge in [0.1, 0.15) is 16.3 Å². The number of oxazole rings is 1. The molecule has 0 saturated heterocycles. The summed E-state index contributed by atoms with van der Waals surface area (Å²) in [7, 11) is -1.15. The average Bonchev–Trinajstić information content (AvgIpc) is 2.85. The Bertz CT molecular complexity index is 580. The standard InChI is InChI=1S/C15H22N2O2S/c1-2-3-4-5-6-7-10-20(18)15-17-13-9-8-12(16)11-14(13)19-15/h8-9,11H,2-7,10,16H2,1H3. The minimum atomic E-state index is -1.15. The van der Waals surface area contributed by atoms with E-state index in [-0.39, 0.29) is 0 Å². The monoisotopic (exact) mass is 294 g/mol. The maximum absolute atomic E-state index is 12.1. The predicted molar refractivity (Wildman–Crippen MR) is 83.1 cm³/mol. The van der Waals surface area contributed by atoms with Gasteiger partial charge in [0, 0.05) is 17.5 Å². The van der Waals surface area contributed by atoms with E-state index in [1.54, 1.807) is 18.2 Å². The van der Waals surface area contributed by atoms with Crippen LogP contribution in [0.4, 0.5) is 5.69 Å². The highest BCUT2D eigenvalue weighted by atomic mass is 32.2. The van der Waals surface area contributed by atoms with Crippen LogP contribution in [-0.2, 0) is 10.8 Å². The number of nitrogens with two attached hydrogens (primary N) is 1. The number of hydrogen-bond donors (Lipinski definition) is 1. The lowest BCUT2D eigenvalue weighted by Gasteiger charge is -1.99. The molecular weight excluding hydrogens is 272 g/mol. The van der Waals surface area contributed by atoms with E-state index in [1.807, 2.05) is 0 Å². The van der Waals surface area contributed by atoms with E-state index in [0.29, 0.717) is 27.8 Å². The van der Waals surface area contributed by atoms with Crippen LogP contribution in [0.2, 0.25) is 0 Å². The molecule has 5 heteroatoms. The number of nitrogens with zero attached hydrogens (tertiary/aromatic N) is 1. The van der Waals surface area contributed by atoms with Gasteiger partial charge in [-0.1, -0.05) is 39.0 Å². The first-order chi connectivity index (χ1) is 9.70. The van der Waals surface area contributed by atoms with Crippen molar-refractivity contribution in [3.05, 3.63) is 18.2 Å². The number of nitrogen functional groups attached to an aromatic ring is 1. The maximum atomic E-state index is 12.1. The van der Waals surface area contributed by atoms with Crippen molar-refractivity contribution in [2.24, 2.45) is 0 Å². The van der Waals surface area contributed by atoms with Crippen molar-refractivity contribution in [2.45, 2.75) is 50.7 Å². The summed E-state index contributed by atoms with van der Waals surface area (Å²) < 4.78 is 17.6. The molecule has 1 aromatic heterocycles. The molecule has 0 aliphatic heterocycles. The van der Waals surface area contributed by atoms with Crippen molar-refractivity contribution < 1.29 is 8.63 Å². The third kappa shape index (κ3) is 4.07. The molecule has 4 nitrogen and oxygen atoms in total. The summed E-state index contributed by atoms with van der Waals surface area (Å²) in [6.07, 6.45) is 7.10. The Hall–Kier alpha value is -1.36. The zero-order valence-corrected chi connectivity index (χ0v) is 12.7. The predicted octanol–water partition coefficient (Wildman–Crippen LogP) is 3.88. The molecule has 0 saturated carbocycles. The van der Waals surface area contributed by atoms with Crippen LogP contribution < -0.4 is 5.73 Å². The summed E-state index contributed by atoms with van der Waals surface area (Å²) in [5.74, 6) is 0.619. The lowest BCUT2D eigenvalue weighted by atomic mass is 10.1. The molecule has 110 valence electrons. The van der Waals surface area contributed by atoms with Gasteiger partial charge in [-0.15, -0.1) is 0 Å². The SMILES string of the molecule is CCCCCCCCS(=O)c1nc2ccc(N)cc2o1. The number of benzene rings is 1. The first kappa shape index (κ1) is 15.0.